The van der Waals surface area contributed by atoms with Gasteiger partial charge in [-0.1, -0.05) is 24.3 Å². The summed E-state index contributed by atoms with van der Waals surface area (Å²) in [5.41, 5.74) is 1.77. The van der Waals surface area contributed by atoms with E-state index in [9.17, 15) is 19.6 Å². The van der Waals surface area contributed by atoms with Gasteiger partial charge in [-0.15, -0.1) is 0 Å². The molecule has 1 aliphatic carbocycles. The van der Waals surface area contributed by atoms with Crippen LogP contribution in [0.1, 0.15) is 38.8 Å². The number of fused-ring (bicyclic) bond motifs is 2. The van der Waals surface area contributed by atoms with E-state index in [0.29, 0.717) is 32.1 Å². The minimum atomic E-state index is -0.535. The van der Waals surface area contributed by atoms with Gasteiger partial charge >= 0.3 is 0 Å². The number of hydrogen-bond donors (Lipinski definition) is 1. The van der Waals surface area contributed by atoms with Crippen molar-refractivity contribution in [1.29, 1.82) is 0 Å². The Labute approximate surface area is 171 Å². The van der Waals surface area contributed by atoms with Crippen LogP contribution in [0.5, 0.6) is 0 Å². The maximum Gasteiger partial charge on any atom is 0.252 e. The maximum absolute atomic E-state index is 12.8. The number of nitrogens with one attached hydrogen (secondary N) is 1. The molecule has 1 aromatic heterocycles. The monoisotopic (exact) mass is 404 g/mol. The SMILES string of the molecule is CC(Sc1cccc[n+]1[O-])C(=O)Nc1ccc2c(c1)C(=O)c1ccccc1C2=O. The van der Waals surface area contributed by atoms with Crippen molar-refractivity contribution in [2.75, 3.05) is 5.32 Å². The van der Waals surface area contributed by atoms with Crippen molar-refractivity contribution in [3.05, 3.63) is 94.3 Å². The molecule has 1 unspecified atom stereocenters. The molecule has 29 heavy (non-hydrogen) atoms. The lowest BCUT2D eigenvalue weighted by Gasteiger charge is -2.18. The molecule has 7 heteroatoms. The van der Waals surface area contributed by atoms with Crippen molar-refractivity contribution in [2.24, 2.45) is 0 Å². The standard InChI is InChI=1S/C22H16N2O4S/c1-13(29-19-8-4-5-11-24(19)28)22(27)23-14-9-10-17-18(12-14)21(26)16-7-3-2-6-15(16)20(17)25/h2-13H,1H3,(H,23,27). The first kappa shape index (κ1) is 18.9. The van der Waals surface area contributed by atoms with Gasteiger partial charge in [0.25, 0.3) is 5.03 Å². The number of carbonyl (C=O) groups is 3. The minimum Gasteiger partial charge on any atom is -0.618 e. The summed E-state index contributed by atoms with van der Waals surface area (Å²) < 4.78 is 0.703. The van der Waals surface area contributed by atoms with Crippen LogP contribution in [0.25, 0.3) is 0 Å². The van der Waals surface area contributed by atoms with Crippen LogP contribution in [0.4, 0.5) is 5.69 Å². The first-order valence-electron chi connectivity index (χ1n) is 8.94. The number of anilines is 1. The van der Waals surface area contributed by atoms with E-state index in [4.69, 9.17) is 0 Å². The van der Waals surface area contributed by atoms with E-state index in [1.165, 1.54) is 12.3 Å². The lowest BCUT2D eigenvalue weighted by atomic mass is 9.84. The zero-order valence-electron chi connectivity index (χ0n) is 15.4. The first-order chi connectivity index (χ1) is 14.0. The molecule has 6 nitrogen and oxygen atoms in total. The van der Waals surface area contributed by atoms with E-state index in [0.717, 1.165) is 11.8 Å². The third-order valence-corrected chi connectivity index (χ3v) is 5.77. The van der Waals surface area contributed by atoms with Crippen LogP contribution in [-0.4, -0.2) is 22.7 Å². The Morgan fingerprint density at radius 2 is 1.55 bits per heavy atom. The normalized spacial score (nSPS) is 13.4. The van der Waals surface area contributed by atoms with Crippen molar-refractivity contribution in [3.8, 4) is 0 Å². The molecule has 0 bridgehead atoms. The molecule has 0 saturated carbocycles. The Hall–Kier alpha value is -3.45. The van der Waals surface area contributed by atoms with Gasteiger partial charge in [0.1, 0.15) is 0 Å². The molecule has 1 N–H and O–H groups in total. The number of amides is 1. The van der Waals surface area contributed by atoms with Crippen LogP contribution in [0.3, 0.4) is 0 Å². The highest BCUT2D eigenvalue weighted by molar-refractivity contribution is 8.00. The molecule has 0 saturated heterocycles. The summed E-state index contributed by atoms with van der Waals surface area (Å²) in [4.78, 5) is 38.0. The van der Waals surface area contributed by atoms with Crippen molar-refractivity contribution in [2.45, 2.75) is 17.2 Å². The van der Waals surface area contributed by atoms with Gasteiger partial charge in [-0.2, -0.15) is 4.73 Å². The summed E-state index contributed by atoms with van der Waals surface area (Å²) in [6.45, 7) is 1.69. The molecular weight excluding hydrogens is 388 g/mol. The fourth-order valence-corrected chi connectivity index (χ4v) is 4.01. The summed E-state index contributed by atoms with van der Waals surface area (Å²) in [7, 11) is 0. The third-order valence-electron chi connectivity index (χ3n) is 4.65. The zero-order valence-corrected chi connectivity index (χ0v) is 16.2. The molecular formula is C22H16N2O4S. The van der Waals surface area contributed by atoms with Crippen molar-refractivity contribution < 1.29 is 19.1 Å². The lowest BCUT2D eigenvalue weighted by molar-refractivity contribution is -0.645. The molecule has 1 atom stereocenters. The molecule has 0 spiro atoms. The van der Waals surface area contributed by atoms with Crippen molar-refractivity contribution in [1.82, 2.24) is 0 Å². The number of ketones is 2. The number of nitrogens with zero attached hydrogens (tertiary/aromatic N) is 1. The highest BCUT2D eigenvalue weighted by atomic mass is 32.2. The number of carbonyl (C=O) groups excluding carboxylic acids is 3. The molecule has 4 rings (SSSR count). The number of rotatable bonds is 4. The molecule has 1 aliphatic rings. The average molecular weight is 404 g/mol. The van der Waals surface area contributed by atoms with Crippen LogP contribution in [0.15, 0.2) is 71.9 Å². The van der Waals surface area contributed by atoms with Gasteiger partial charge in [0.05, 0.1) is 5.25 Å². The largest absolute Gasteiger partial charge is 0.618 e. The predicted octanol–water partition coefficient (Wildman–Crippen LogP) is 3.21. The summed E-state index contributed by atoms with van der Waals surface area (Å²) in [6, 6.07) is 16.4. The Kier molecular flexibility index (Phi) is 4.90. The summed E-state index contributed by atoms with van der Waals surface area (Å²) in [6.07, 6.45) is 1.37. The zero-order chi connectivity index (χ0) is 20.5. The number of hydrogen-bond acceptors (Lipinski definition) is 5. The average Bonchev–Trinajstić information content (AvgIpc) is 2.73. The maximum atomic E-state index is 12.8. The first-order valence-corrected chi connectivity index (χ1v) is 9.82. The molecule has 2 aromatic carbocycles. The summed E-state index contributed by atoms with van der Waals surface area (Å²) in [5.74, 6) is -0.764. The summed E-state index contributed by atoms with van der Waals surface area (Å²) in [5, 5.41) is 14.4. The number of thioether (sulfide) groups is 1. The van der Waals surface area contributed by atoms with Crippen LogP contribution in [0, 0.1) is 5.21 Å². The molecule has 0 radical (unpaired) electrons. The van der Waals surface area contributed by atoms with E-state index in [1.807, 2.05) is 0 Å². The van der Waals surface area contributed by atoms with Crippen LogP contribution in [0.2, 0.25) is 0 Å². The van der Waals surface area contributed by atoms with Gasteiger partial charge in [0, 0.05) is 40.1 Å². The van der Waals surface area contributed by atoms with Crippen LogP contribution < -0.4 is 10.0 Å². The van der Waals surface area contributed by atoms with E-state index in [2.05, 4.69) is 5.32 Å². The fourth-order valence-electron chi connectivity index (χ4n) is 3.16. The van der Waals surface area contributed by atoms with Gasteiger partial charge in [0.2, 0.25) is 5.91 Å². The van der Waals surface area contributed by atoms with E-state index >= 15 is 0 Å². The minimum absolute atomic E-state index is 0.207. The highest BCUT2D eigenvalue weighted by Gasteiger charge is 2.29. The second-order valence-corrected chi connectivity index (χ2v) is 7.94. The predicted molar refractivity (Wildman–Crippen MR) is 109 cm³/mol. The molecule has 1 heterocycles. The van der Waals surface area contributed by atoms with Crippen molar-refractivity contribution in [3.63, 3.8) is 0 Å². The fraction of sp³-hybridized carbons (Fsp3) is 0.0909. The Bertz CT molecular complexity index is 1160. The van der Waals surface area contributed by atoms with Gasteiger partial charge in [-0.25, -0.2) is 0 Å². The molecule has 3 aromatic rings. The smallest absolute Gasteiger partial charge is 0.252 e. The van der Waals surface area contributed by atoms with E-state index in [-0.39, 0.29) is 23.0 Å². The second kappa shape index (κ2) is 7.52. The highest BCUT2D eigenvalue weighted by Crippen LogP contribution is 2.29. The number of aromatic nitrogens is 1. The Morgan fingerprint density at radius 3 is 2.24 bits per heavy atom. The van der Waals surface area contributed by atoms with E-state index in [1.54, 1.807) is 61.5 Å². The van der Waals surface area contributed by atoms with Gasteiger partial charge < -0.3 is 10.5 Å². The Balaban J connectivity index is 1.55. The lowest BCUT2D eigenvalue weighted by Crippen LogP contribution is -2.30. The van der Waals surface area contributed by atoms with Crippen molar-refractivity contribution >= 4 is 34.9 Å². The van der Waals surface area contributed by atoms with E-state index < -0.39 is 5.25 Å². The van der Waals surface area contributed by atoms with Gasteiger partial charge in [-0.3, -0.25) is 14.4 Å². The number of benzene rings is 2. The van der Waals surface area contributed by atoms with Crippen LogP contribution >= 0.6 is 11.8 Å². The molecule has 1 amide bonds. The topological polar surface area (TPSA) is 90.2 Å². The van der Waals surface area contributed by atoms with Gasteiger partial charge in [0.15, 0.2) is 17.8 Å². The second-order valence-electron chi connectivity index (χ2n) is 6.58. The van der Waals surface area contributed by atoms with Gasteiger partial charge in [-0.05, 0) is 43.0 Å². The molecule has 144 valence electrons. The Morgan fingerprint density at radius 1 is 0.931 bits per heavy atom. The molecule has 0 aliphatic heterocycles. The number of pyridine rings is 1. The quantitative estimate of drug-likeness (QED) is 0.320. The van der Waals surface area contributed by atoms with Crippen LogP contribution in [-0.2, 0) is 4.79 Å². The summed E-state index contributed by atoms with van der Waals surface area (Å²) >= 11 is 1.14. The molecule has 0 fully saturated rings. The third kappa shape index (κ3) is 3.52.